The monoisotopic (exact) mass is 466 g/mol. The number of halogens is 1. The van der Waals surface area contributed by atoms with E-state index in [4.69, 9.17) is 5.14 Å². The van der Waals surface area contributed by atoms with Crippen LogP contribution in [0.4, 0.5) is 0 Å². The molecule has 0 radical (unpaired) electrons. The summed E-state index contributed by atoms with van der Waals surface area (Å²) in [6.45, 7) is 1.14. The molecule has 0 fully saturated rings. The highest BCUT2D eigenvalue weighted by atomic mass is 127. The average molecular weight is 466 g/mol. The Hall–Kier alpha value is -1.17. The van der Waals surface area contributed by atoms with Gasteiger partial charge in [-0.25, -0.2) is 13.6 Å². The molecule has 0 spiro atoms. The molecule has 0 aliphatic rings. The third kappa shape index (κ3) is 6.45. The standard InChI is InChI=1S/C14H18N4O2S2.HI/c1-16-14(17-9-11-5-3-2-4-6-11)18-10-12-7-8-13(21-12)22(15,19)20;/h2-8H,9-10H2,1H3,(H2,15,19,20)(H2,16,17,18);1H. The second-order valence-electron chi connectivity index (χ2n) is 4.53. The van der Waals surface area contributed by atoms with Gasteiger partial charge in [-0.05, 0) is 17.7 Å². The highest BCUT2D eigenvalue weighted by Crippen LogP contribution is 2.19. The molecule has 0 saturated heterocycles. The predicted octanol–water partition coefficient (Wildman–Crippen LogP) is 1.88. The van der Waals surface area contributed by atoms with Crippen LogP contribution in [0, 0.1) is 0 Å². The summed E-state index contributed by atoms with van der Waals surface area (Å²) < 4.78 is 22.6. The van der Waals surface area contributed by atoms with Crippen LogP contribution in [-0.4, -0.2) is 21.4 Å². The molecule has 1 aromatic carbocycles. The maximum absolute atomic E-state index is 11.2. The number of nitrogens with zero attached hydrogens (tertiary/aromatic N) is 1. The Morgan fingerprint density at radius 1 is 1.13 bits per heavy atom. The maximum atomic E-state index is 11.2. The number of sulfonamides is 1. The van der Waals surface area contributed by atoms with Gasteiger partial charge in [0.1, 0.15) is 4.21 Å². The Morgan fingerprint density at radius 3 is 2.35 bits per heavy atom. The highest BCUT2D eigenvalue weighted by Gasteiger charge is 2.11. The van der Waals surface area contributed by atoms with E-state index in [1.807, 2.05) is 30.3 Å². The number of rotatable bonds is 5. The summed E-state index contributed by atoms with van der Waals surface area (Å²) in [6.07, 6.45) is 0. The lowest BCUT2D eigenvalue weighted by Crippen LogP contribution is -2.36. The third-order valence-corrected chi connectivity index (χ3v) is 5.40. The molecule has 0 atom stereocenters. The van der Waals surface area contributed by atoms with Crippen LogP contribution in [0.5, 0.6) is 0 Å². The van der Waals surface area contributed by atoms with Crippen molar-refractivity contribution in [3.05, 3.63) is 52.9 Å². The lowest BCUT2D eigenvalue weighted by Gasteiger charge is -2.11. The minimum absolute atomic E-state index is 0. The summed E-state index contributed by atoms with van der Waals surface area (Å²) >= 11 is 1.15. The van der Waals surface area contributed by atoms with Crippen LogP contribution in [0.1, 0.15) is 10.4 Å². The molecule has 23 heavy (non-hydrogen) atoms. The van der Waals surface area contributed by atoms with Crippen LogP contribution < -0.4 is 15.8 Å². The van der Waals surface area contributed by atoms with Gasteiger partial charge >= 0.3 is 0 Å². The minimum atomic E-state index is -3.63. The van der Waals surface area contributed by atoms with Crippen LogP contribution >= 0.6 is 35.3 Å². The van der Waals surface area contributed by atoms with Crippen molar-refractivity contribution < 1.29 is 8.42 Å². The molecule has 0 amide bonds. The van der Waals surface area contributed by atoms with Gasteiger partial charge in [0.15, 0.2) is 5.96 Å². The summed E-state index contributed by atoms with van der Waals surface area (Å²) in [5.74, 6) is 0.648. The number of hydrogen-bond donors (Lipinski definition) is 3. The third-order valence-electron chi connectivity index (χ3n) is 2.87. The van der Waals surface area contributed by atoms with E-state index < -0.39 is 10.0 Å². The van der Waals surface area contributed by atoms with Crippen LogP contribution in [0.25, 0.3) is 0 Å². The van der Waals surface area contributed by atoms with Crippen LogP contribution in [0.15, 0.2) is 51.7 Å². The Balaban J connectivity index is 0.00000264. The summed E-state index contributed by atoms with van der Waals surface area (Å²) in [5, 5.41) is 11.4. The first kappa shape index (κ1) is 19.9. The normalized spacial score (nSPS) is 11.7. The van der Waals surface area contributed by atoms with Gasteiger partial charge in [0.25, 0.3) is 0 Å². The van der Waals surface area contributed by atoms with Gasteiger partial charge in [-0.15, -0.1) is 35.3 Å². The fourth-order valence-corrected chi connectivity index (χ4v) is 3.50. The molecule has 0 aliphatic heterocycles. The number of aliphatic imine (C=N–C) groups is 1. The van der Waals surface area contributed by atoms with E-state index in [2.05, 4.69) is 15.6 Å². The zero-order valence-electron chi connectivity index (χ0n) is 12.5. The molecule has 4 N–H and O–H groups in total. The van der Waals surface area contributed by atoms with Crippen molar-refractivity contribution >= 4 is 51.3 Å². The van der Waals surface area contributed by atoms with Crippen molar-refractivity contribution in [1.82, 2.24) is 10.6 Å². The Kier molecular flexibility index (Phi) is 7.95. The molecule has 0 saturated carbocycles. The summed E-state index contributed by atoms with van der Waals surface area (Å²) in [5.41, 5.74) is 1.15. The molecule has 1 heterocycles. The summed E-state index contributed by atoms with van der Waals surface area (Å²) in [6, 6.07) is 13.2. The highest BCUT2D eigenvalue weighted by molar-refractivity contribution is 14.0. The molecule has 2 rings (SSSR count). The van der Waals surface area contributed by atoms with Crippen molar-refractivity contribution in [1.29, 1.82) is 0 Å². The van der Waals surface area contributed by atoms with Gasteiger partial charge < -0.3 is 10.6 Å². The molecular formula is C14H19IN4O2S2. The van der Waals surface area contributed by atoms with E-state index in [0.717, 1.165) is 21.8 Å². The fourth-order valence-electron chi connectivity index (χ4n) is 1.78. The first-order valence-corrected chi connectivity index (χ1v) is 8.95. The molecule has 1 aromatic heterocycles. The van der Waals surface area contributed by atoms with Gasteiger partial charge in [-0.2, -0.15) is 0 Å². The van der Waals surface area contributed by atoms with Crippen molar-refractivity contribution in [2.75, 3.05) is 7.05 Å². The number of hydrogen-bond acceptors (Lipinski definition) is 4. The smallest absolute Gasteiger partial charge is 0.247 e. The van der Waals surface area contributed by atoms with Gasteiger partial charge in [-0.3, -0.25) is 4.99 Å². The quantitative estimate of drug-likeness (QED) is 0.356. The second kappa shape index (κ2) is 9.21. The number of nitrogens with two attached hydrogens (primary N) is 1. The fraction of sp³-hybridized carbons (Fsp3) is 0.214. The summed E-state index contributed by atoms with van der Waals surface area (Å²) in [4.78, 5) is 5.00. The molecular weight excluding hydrogens is 447 g/mol. The molecule has 0 aliphatic carbocycles. The number of benzene rings is 1. The van der Waals surface area contributed by atoms with E-state index in [0.29, 0.717) is 19.0 Å². The minimum Gasteiger partial charge on any atom is -0.352 e. The molecule has 6 nitrogen and oxygen atoms in total. The first-order chi connectivity index (χ1) is 10.5. The Labute approximate surface area is 157 Å². The topological polar surface area (TPSA) is 96.6 Å². The lowest BCUT2D eigenvalue weighted by atomic mass is 10.2. The largest absolute Gasteiger partial charge is 0.352 e. The predicted molar refractivity (Wildman–Crippen MR) is 105 cm³/mol. The molecule has 0 bridgehead atoms. The van der Waals surface area contributed by atoms with E-state index in [9.17, 15) is 8.42 Å². The number of nitrogens with one attached hydrogen (secondary N) is 2. The van der Waals surface area contributed by atoms with E-state index in [1.54, 1.807) is 13.1 Å². The average Bonchev–Trinajstić information content (AvgIpc) is 2.97. The van der Waals surface area contributed by atoms with Gasteiger partial charge in [-0.1, -0.05) is 30.3 Å². The number of guanidine groups is 1. The van der Waals surface area contributed by atoms with E-state index in [-0.39, 0.29) is 28.2 Å². The van der Waals surface area contributed by atoms with Crippen LogP contribution in [0.2, 0.25) is 0 Å². The van der Waals surface area contributed by atoms with E-state index >= 15 is 0 Å². The lowest BCUT2D eigenvalue weighted by molar-refractivity contribution is 0.600. The van der Waals surface area contributed by atoms with Gasteiger partial charge in [0.2, 0.25) is 10.0 Å². The number of primary sulfonamides is 1. The van der Waals surface area contributed by atoms with E-state index in [1.165, 1.54) is 6.07 Å². The van der Waals surface area contributed by atoms with Crippen molar-refractivity contribution in [3.8, 4) is 0 Å². The van der Waals surface area contributed by atoms with Gasteiger partial charge in [0.05, 0.1) is 6.54 Å². The SMILES string of the molecule is CN=C(NCc1ccccc1)NCc1ccc(S(N)(=O)=O)s1.I. The zero-order chi connectivity index (χ0) is 16.0. The van der Waals surface area contributed by atoms with Crippen molar-refractivity contribution in [3.63, 3.8) is 0 Å². The Morgan fingerprint density at radius 2 is 1.78 bits per heavy atom. The van der Waals surface area contributed by atoms with Crippen molar-refractivity contribution in [2.24, 2.45) is 10.1 Å². The second-order valence-corrected chi connectivity index (χ2v) is 7.49. The van der Waals surface area contributed by atoms with Crippen molar-refractivity contribution in [2.45, 2.75) is 17.3 Å². The molecule has 2 aromatic rings. The number of thiophene rings is 1. The molecule has 126 valence electrons. The first-order valence-electron chi connectivity index (χ1n) is 6.59. The van der Waals surface area contributed by atoms with Gasteiger partial charge in [0, 0.05) is 18.5 Å². The zero-order valence-corrected chi connectivity index (χ0v) is 16.5. The molecule has 9 heteroatoms. The molecule has 0 unspecified atom stereocenters. The van der Waals surface area contributed by atoms with Crippen LogP contribution in [0.3, 0.4) is 0 Å². The summed E-state index contributed by atoms with van der Waals surface area (Å²) in [7, 11) is -1.94. The van der Waals surface area contributed by atoms with Crippen LogP contribution in [-0.2, 0) is 23.1 Å². The Bertz CT molecular complexity index is 745. The maximum Gasteiger partial charge on any atom is 0.247 e.